The van der Waals surface area contributed by atoms with Gasteiger partial charge in [-0.15, -0.1) is 0 Å². The van der Waals surface area contributed by atoms with Gasteiger partial charge in [0.05, 0.1) is 24.5 Å². The van der Waals surface area contributed by atoms with Crippen LogP contribution in [0.2, 0.25) is 0 Å². The third-order valence-corrected chi connectivity index (χ3v) is 5.65. The summed E-state index contributed by atoms with van der Waals surface area (Å²) < 4.78 is 65.4. The average Bonchev–Trinajstić information content (AvgIpc) is 3.13. The second kappa shape index (κ2) is 9.69. The van der Waals surface area contributed by atoms with Crippen molar-refractivity contribution in [1.29, 1.82) is 0 Å². The quantitative estimate of drug-likeness (QED) is 0.456. The minimum atomic E-state index is -5.19. The van der Waals surface area contributed by atoms with Crippen LogP contribution >= 0.6 is 0 Å². The van der Waals surface area contributed by atoms with Crippen LogP contribution in [0.25, 0.3) is 11.2 Å². The summed E-state index contributed by atoms with van der Waals surface area (Å²) in [5, 5.41) is 22.4. The Morgan fingerprint density at radius 1 is 0.971 bits per heavy atom. The van der Waals surface area contributed by atoms with E-state index in [0.29, 0.717) is 12.1 Å². The van der Waals surface area contributed by atoms with Crippen LogP contribution in [0.3, 0.4) is 0 Å². The van der Waals surface area contributed by atoms with Crippen molar-refractivity contribution >= 4 is 28.9 Å². The minimum Gasteiger partial charge on any atom is -0.542 e. The molecule has 3 aliphatic rings. The highest BCUT2D eigenvalue weighted by Gasteiger charge is 2.45. The minimum absolute atomic E-state index is 0.572. The molecular formula is C18H20F6N6O4. The van der Waals surface area contributed by atoms with E-state index in [2.05, 4.69) is 30.2 Å². The second-order valence-corrected chi connectivity index (χ2v) is 8.15. The fraction of sp³-hybridized carbons (Fsp3) is 0.611. The van der Waals surface area contributed by atoms with Gasteiger partial charge in [0.2, 0.25) is 0 Å². The molecule has 0 aromatic carbocycles. The van der Waals surface area contributed by atoms with Crippen molar-refractivity contribution in [2.45, 2.75) is 68.6 Å². The highest BCUT2D eigenvalue weighted by molar-refractivity contribution is 5.78. The number of nitrogens with two attached hydrogens (primary N) is 2. The third-order valence-electron chi connectivity index (χ3n) is 5.65. The molecule has 0 radical (unpaired) electrons. The number of alkyl halides is 6. The predicted molar refractivity (Wildman–Crippen MR) is 94.4 cm³/mol. The van der Waals surface area contributed by atoms with E-state index in [4.69, 9.17) is 19.8 Å². The summed E-state index contributed by atoms with van der Waals surface area (Å²) >= 11 is 0. The van der Waals surface area contributed by atoms with Crippen LogP contribution < -0.4 is 20.8 Å². The zero-order valence-electron chi connectivity index (χ0n) is 17.3. The Kier molecular flexibility index (Phi) is 7.30. The SMILES string of the molecule is O=C([O-])C(F)(F)F.O=C([O-])C(F)(F)F.c1nc([NH2+]C2CC2)c2ncn(C3C[C@H]4CC[C@@H]3[NH2+]4)c2n1. The number of halogens is 6. The molecule has 4 N–H and O–H groups in total. The molecule has 0 amide bonds. The summed E-state index contributed by atoms with van der Waals surface area (Å²) in [6.07, 6.45) is -0.123. The van der Waals surface area contributed by atoms with Crippen LogP contribution in [0.15, 0.2) is 12.7 Å². The van der Waals surface area contributed by atoms with Gasteiger partial charge in [0.1, 0.15) is 24.3 Å². The summed E-state index contributed by atoms with van der Waals surface area (Å²) in [7, 11) is 0. The van der Waals surface area contributed by atoms with Gasteiger partial charge in [-0.05, 0) is 0 Å². The van der Waals surface area contributed by atoms with Crippen molar-refractivity contribution in [3.63, 3.8) is 0 Å². The van der Waals surface area contributed by atoms with Crippen LogP contribution in [0.4, 0.5) is 32.2 Å². The maximum absolute atomic E-state index is 10.5. The van der Waals surface area contributed by atoms with Gasteiger partial charge in [-0.3, -0.25) is 5.32 Å². The highest BCUT2D eigenvalue weighted by atomic mass is 19.4. The van der Waals surface area contributed by atoms with E-state index in [9.17, 15) is 26.3 Å². The number of hydrogen-bond acceptors (Lipinski definition) is 7. The van der Waals surface area contributed by atoms with E-state index >= 15 is 0 Å². The molecule has 2 bridgehead atoms. The molecule has 2 aromatic heterocycles. The Hall–Kier alpha value is -3.01. The lowest BCUT2D eigenvalue weighted by atomic mass is 9.95. The van der Waals surface area contributed by atoms with E-state index in [1.54, 1.807) is 6.33 Å². The number of aromatic nitrogens is 4. The van der Waals surface area contributed by atoms with Crippen molar-refractivity contribution in [1.82, 2.24) is 19.5 Å². The topological polar surface area (TPSA) is 157 Å². The van der Waals surface area contributed by atoms with Gasteiger partial charge in [-0.2, -0.15) is 31.3 Å². The maximum atomic E-state index is 10.5. The molecule has 2 saturated heterocycles. The predicted octanol–water partition coefficient (Wildman–Crippen LogP) is -2.18. The maximum Gasteiger partial charge on any atom is 0.430 e. The van der Waals surface area contributed by atoms with Crippen molar-refractivity contribution in [3.05, 3.63) is 12.7 Å². The number of fused-ring (bicyclic) bond motifs is 3. The molecule has 2 aromatic rings. The number of hydrogen-bond donors (Lipinski definition) is 2. The molecule has 16 heteroatoms. The van der Waals surface area contributed by atoms with Crippen molar-refractivity contribution in [3.8, 4) is 0 Å². The van der Waals surface area contributed by atoms with Crippen molar-refractivity contribution in [2.24, 2.45) is 0 Å². The first-order chi connectivity index (χ1) is 15.8. The number of carbonyl (C=O) groups is 2. The normalized spacial score (nSPS) is 23.6. The largest absolute Gasteiger partial charge is 0.542 e. The van der Waals surface area contributed by atoms with Crippen LogP contribution in [0, 0.1) is 0 Å². The first kappa shape index (κ1) is 25.6. The third kappa shape index (κ3) is 6.31. The molecular weight excluding hydrogens is 478 g/mol. The lowest BCUT2D eigenvalue weighted by molar-refractivity contribution is -0.683. The average molecular weight is 498 g/mol. The zero-order valence-corrected chi connectivity index (χ0v) is 17.3. The van der Waals surface area contributed by atoms with Crippen LogP contribution in [-0.2, 0) is 9.59 Å². The molecule has 34 heavy (non-hydrogen) atoms. The van der Waals surface area contributed by atoms with Gasteiger partial charge in [0, 0.05) is 32.1 Å². The second-order valence-electron chi connectivity index (χ2n) is 8.15. The molecule has 4 heterocycles. The van der Waals surface area contributed by atoms with Crippen LogP contribution in [-0.4, -0.2) is 61.9 Å². The summed E-state index contributed by atoms with van der Waals surface area (Å²) in [5.74, 6) is -4.98. The molecule has 3 fully saturated rings. The number of carbonyl (C=O) groups excluding carboxylic acids is 2. The van der Waals surface area contributed by atoms with Crippen molar-refractivity contribution < 1.29 is 56.8 Å². The molecule has 10 nitrogen and oxygen atoms in total. The Bertz CT molecular complexity index is 1010. The van der Waals surface area contributed by atoms with Gasteiger partial charge in [0.25, 0.3) is 5.82 Å². The van der Waals surface area contributed by atoms with E-state index in [1.165, 1.54) is 32.1 Å². The molecule has 1 unspecified atom stereocenters. The Balaban J connectivity index is 0.000000194. The number of quaternary nitrogens is 2. The van der Waals surface area contributed by atoms with E-state index in [0.717, 1.165) is 29.1 Å². The van der Waals surface area contributed by atoms with E-state index < -0.39 is 24.3 Å². The Morgan fingerprint density at radius 2 is 1.56 bits per heavy atom. The van der Waals surface area contributed by atoms with Crippen LogP contribution in [0.5, 0.6) is 0 Å². The first-order valence-corrected chi connectivity index (χ1v) is 10.2. The summed E-state index contributed by atoms with van der Waals surface area (Å²) in [6.45, 7) is 0. The zero-order chi connectivity index (χ0) is 25.3. The number of carboxylic acid groups (broad SMARTS) is 2. The van der Waals surface area contributed by atoms with Crippen molar-refractivity contribution in [2.75, 3.05) is 0 Å². The number of imidazole rings is 1. The Morgan fingerprint density at radius 3 is 2.00 bits per heavy atom. The van der Waals surface area contributed by atoms with Gasteiger partial charge in [0.15, 0.2) is 11.2 Å². The van der Waals surface area contributed by atoms with E-state index in [1.807, 2.05) is 6.33 Å². The number of rotatable bonds is 3. The van der Waals surface area contributed by atoms with Gasteiger partial charge < -0.3 is 29.7 Å². The lowest BCUT2D eigenvalue weighted by Crippen LogP contribution is -2.88. The highest BCUT2D eigenvalue weighted by Crippen LogP contribution is 2.33. The molecule has 0 spiro atoms. The van der Waals surface area contributed by atoms with Gasteiger partial charge in [-0.1, -0.05) is 0 Å². The van der Waals surface area contributed by atoms with Gasteiger partial charge >= 0.3 is 12.4 Å². The van der Waals surface area contributed by atoms with Crippen LogP contribution in [0.1, 0.15) is 38.1 Å². The van der Waals surface area contributed by atoms with Gasteiger partial charge in [-0.25, -0.2) is 9.97 Å². The number of aliphatic carboxylic acids is 2. The smallest absolute Gasteiger partial charge is 0.430 e. The molecule has 2 aliphatic heterocycles. The molecule has 5 rings (SSSR count). The lowest BCUT2D eigenvalue weighted by Gasteiger charge is -2.18. The monoisotopic (exact) mass is 498 g/mol. The Labute approximate surface area is 187 Å². The fourth-order valence-corrected chi connectivity index (χ4v) is 3.99. The number of carboxylic acids is 2. The van der Waals surface area contributed by atoms with E-state index in [-0.39, 0.29) is 0 Å². The first-order valence-electron chi connectivity index (χ1n) is 10.2. The summed E-state index contributed by atoms with van der Waals surface area (Å²) in [5.41, 5.74) is 2.01. The molecule has 3 atom stereocenters. The summed E-state index contributed by atoms with van der Waals surface area (Å²) in [4.78, 5) is 31.1. The molecule has 1 saturated carbocycles. The summed E-state index contributed by atoms with van der Waals surface area (Å²) in [6, 6.07) is 2.83. The molecule has 188 valence electrons. The standard InChI is InChI=1S/C14H18N6.2C2HF3O2/c1-2-8(1)19-13-12-14(16-6-15-13)20(7-17-12)11-5-9-3-4-10(11)18-9;2*3-2(4,5)1(6)7/h6-11,18H,1-5H2,(H,15,16,19);2*(H,6,7)/t9-,10+,11?;;/m1../s1. The number of nitrogens with zero attached hydrogens (tertiary/aromatic N) is 4. The fourth-order valence-electron chi connectivity index (χ4n) is 3.99. The molecule has 1 aliphatic carbocycles.